The number of urea groups is 1. The Hall–Kier alpha value is -2.13. The topological polar surface area (TPSA) is 96.0 Å². The lowest BCUT2D eigenvalue weighted by Crippen LogP contribution is -2.53. The lowest BCUT2D eigenvalue weighted by Gasteiger charge is -2.33. The van der Waals surface area contributed by atoms with E-state index in [2.05, 4.69) is 5.32 Å². The van der Waals surface area contributed by atoms with Crippen LogP contribution in [0.4, 0.5) is 4.79 Å². The molecular formula is C16H23N3O5S. The zero-order chi connectivity index (χ0) is 18.4. The molecule has 1 N–H and O–H groups in total. The first-order chi connectivity index (χ1) is 11.9. The molecule has 2 rings (SSSR count). The van der Waals surface area contributed by atoms with E-state index < -0.39 is 16.0 Å². The summed E-state index contributed by atoms with van der Waals surface area (Å²) >= 11 is 0. The first-order valence-electron chi connectivity index (χ1n) is 8.20. The summed E-state index contributed by atoms with van der Waals surface area (Å²) in [6, 6.07) is 5.50. The van der Waals surface area contributed by atoms with Crippen molar-refractivity contribution in [3.63, 3.8) is 0 Å². The summed E-state index contributed by atoms with van der Waals surface area (Å²) < 4.78 is 31.6. The molecule has 0 aliphatic carbocycles. The molecule has 0 radical (unpaired) electrons. The van der Waals surface area contributed by atoms with E-state index in [-0.39, 0.29) is 30.6 Å². The Kier molecular flexibility index (Phi) is 6.38. The highest BCUT2D eigenvalue weighted by atomic mass is 32.2. The highest BCUT2D eigenvalue weighted by Crippen LogP contribution is 2.18. The van der Waals surface area contributed by atoms with Crippen molar-refractivity contribution in [2.24, 2.45) is 0 Å². The number of carbonyl (C=O) groups excluding carboxylic acids is 2. The molecule has 0 bridgehead atoms. The number of nitrogens with one attached hydrogen (secondary N) is 1. The van der Waals surface area contributed by atoms with Crippen molar-refractivity contribution >= 4 is 22.0 Å². The van der Waals surface area contributed by atoms with Gasteiger partial charge in [-0.2, -0.15) is 4.31 Å². The summed E-state index contributed by atoms with van der Waals surface area (Å²) in [4.78, 5) is 25.1. The van der Waals surface area contributed by atoms with Crippen LogP contribution in [-0.4, -0.2) is 69.0 Å². The van der Waals surface area contributed by atoms with Gasteiger partial charge in [0.1, 0.15) is 0 Å². The minimum Gasteiger partial charge on any atom is -0.462 e. The van der Waals surface area contributed by atoms with Gasteiger partial charge in [-0.15, -0.1) is 0 Å². The van der Waals surface area contributed by atoms with Gasteiger partial charge in [-0.25, -0.2) is 18.0 Å². The summed E-state index contributed by atoms with van der Waals surface area (Å²) in [5.41, 5.74) is 0.307. The number of hydrogen-bond acceptors (Lipinski definition) is 5. The Bertz CT molecular complexity index is 710. The van der Waals surface area contributed by atoms with E-state index in [0.29, 0.717) is 25.2 Å². The predicted molar refractivity (Wildman–Crippen MR) is 91.8 cm³/mol. The van der Waals surface area contributed by atoms with Gasteiger partial charge in [-0.1, -0.05) is 0 Å². The summed E-state index contributed by atoms with van der Waals surface area (Å²) in [7, 11) is -3.66. The second-order valence-electron chi connectivity index (χ2n) is 5.47. The fraction of sp³-hybridized carbons (Fsp3) is 0.500. The fourth-order valence-electron chi connectivity index (χ4n) is 2.52. The van der Waals surface area contributed by atoms with Crippen LogP contribution >= 0.6 is 0 Å². The molecule has 9 heteroatoms. The standard InChI is InChI=1S/C16H23N3O5S/c1-3-17-16(21)18-9-11-19(12-10-18)25(22,23)14-7-5-13(6-8-14)15(20)24-4-2/h5-8H,3-4,9-12H2,1-2H3,(H,17,21). The predicted octanol–water partition coefficient (Wildman–Crippen LogP) is 0.899. The molecule has 1 aliphatic heterocycles. The van der Waals surface area contributed by atoms with E-state index in [1.54, 1.807) is 11.8 Å². The van der Waals surface area contributed by atoms with Gasteiger partial charge < -0.3 is 15.0 Å². The largest absolute Gasteiger partial charge is 0.462 e. The number of amides is 2. The van der Waals surface area contributed by atoms with Crippen LogP contribution in [0.1, 0.15) is 24.2 Å². The molecule has 1 aromatic rings. The molecule has 25 heavy (non-hydrogen) atoms. The van der Waals surface area contributed by atoms with E-state index in [0.717, 1.165) is 0 Å². The third kappa shape index (κ3) is 4.49. The SMILES string of the molecule is CCNC(=O)N1CCN(S(=O)(=O)c2ccc(C(=O)OCC)cc2)CC1. The molecule has 1 saturated heterocycles. The van der Waals surface area contributed by atoms with Crippen molar-refractivity contribution in [3.05, 3.63) is 29.8 Å². The highest BCUT2D eigenvalue weighted by Gasteiger charge is 2.30. The van der Waals surface area contributed by atoms with Gasteiger partial charge in [-0.3, -0.25) is 0 Å². The van der Waals surface area contributed by atoms with Crippen molar-refractivity contribution in [2.75, 3.05) is 39.3 Å². The number of sulfonamides is 1. The molecule has 8 nitrogen and oxygen atoms in total. The lowest BCUT2D eigenvalue weighted by molar-refractivity contribution is 0.0526. The van der Waals surface area contributed by atoms with Gasteiger partial charge in [0.05, 0.1) is 17.1 Å². The number of nitrogens with zero attached hydrogens (tertiary/aromatic N) is 2. The van der Waals surface area contributed by atoms with Crippen LogP contribution in [0.15, 0.2) is 29.2 Å². The smallest absolute Gasteiger partial charge is 0.338 e. The zero-order valence-corrected chi connectivity index (χ0v) is 15.2. The number of hydrogen-bond donors (Lipinski definition) is 1. The highest BCUT2D eigenvalue weighted by molar-refractivity contribution is 7.89. The Labute approximate surface area is 147 Å². The van der Waals surface area contributed by atoms with Crippen molar-refractivity contribution < 1.29 is 22.7 Å². The molecule has 0 unspecified atom stereocenters. The average Bonchev–Trinajstić information content (AvgIpc) is 2.62. The summed E-state index contributed by atoms with van der Waals surface area (Å²) in [6.07, 6.45) is 0. The third-order valence-corrected chi connectivity index (χ3v) is 5.77. The van der Waals surface area contributed by atoms with E-state index in [1.165, 1.54) is 28.6 Å². The third-order valence-electron chi connectivity index (χ3n) is 3.86. The van der Waals surface area contributed by atoms with Crippen molar-refractivity contribution in [3.8, 4) is 0 Å². The molecule has 0 atom stereocenters. The van der Waals surface area contributed by atoms with Crippen molar-refractivity contribution in [2.45, 2.75) is 18.7 Å². The number of benzene rings is 1. The van der Waals surface area contributed by atoms with E-state index in [1.807, 2.05) is 6.92 Å². The van der Waals surface area contributed by atoms with Gasteiger partial charge in [0.2, 0.25) is 10.0 Å². The van der Waals surface area contributed by atoms with Crippen molar-refractivity contribution in [1.29, 1.82) is 0 Å². The molecule has 138 valence electrons. The first-order valence-corrected chi connectivity index (χ1v) is 9.64. The second-order valence-corrected chi connectivity index (χ2v) is 7.41. The molecule has 1 aliphatic rings. The number of rotatable bonds is 5. The van der Waals surface area contributed by atoms with Crippen LogP contribution in [0.5, 0.6) is 0 Å². The molecule has 1 aromatic carbocycles. The van der Waals surface area contributed by atoms with E-state index >= 15 is 0 Å². The van der Waals surface area contributed by atoms with Crippen LogP contribution in [0.2, 0.25) is 0 Å². The Morgan fingerprint density at radius 3 is 2.20 bits per heavy atom. The summed E-state index contributed by atoms with van der Waals surface area (Å²) in [5.74, 6) is -0.484. The second kappa shape index (κ2) is 8.30. The number of ether oxygens (including phenoxy) is 1. The van der Waals surface area contributed by atoms with Crippen LogP contribution in [0, 0.1) is 0 Å². The molecule has 0 aromatic heterocycles. The monoisotopic (exact) mass is 369 g/mol. The number of piperazine rings is 1. The van der Waals surface area contributed by atoms with Crippen LogP contribution in [0.3, 0.4) is 0 Å². The maximum atomic E-state index is 12.7. The zero-order valence-electron chi connectivity index (χ0n) is 14.4. The van der Waals surface area contributed by atoms with Crippen LogP contribution < -0.4 is 5.32 Å². The summed E-state index contributed by atoms with van der Waals surface area (Å²) in [5, 5.41) is 2.70. The Morgan fingerprint density at radius 1 is 1.08 bits per heavy atom. The van der Waals surface area contributed by atoms with E-state index in [4.69, 9.17) is 4.74 Å². The van der Waals surface area contributed by atoms with Gasteiger partial charge in [0.25, 0.3) is 0 Å². The van der Waals surface area contributed by atoms with E-state index in [9.17, 15) is 18.0 Å². The molecule has 0 spiro atoms. The molecular weight excluding hydrogens is 346 g/mol. The fourth-order valence-corrected chi connectivity index (χ4v) is 3.94. The maximum Gasteiger partial charge on any atom is 0.338 e. The van der Waals surface area contributed by atoms with Gasteiger partial charge >= 0.3 is 12.0 Å². The Balaban J connectivity index is 2.04. The minimum absolute atomic E-state index is 0.118. The van der Waals surface area contributed by atoms with Gasteiger partial charge in [0, 0.05) is 32.7 Å². The van der Waals surface area contributed by atoms with Gasteiger partial charge in [0.15, 0.2) is 0 Å². The summed E-state index contributed by atoms with van der Waals surface area (Å²) in [6.45, 7) is 5.48. The number of esters is 1. The normalized spacial score (nSPS) is 15.7. The maximum absolute atomic E-state index is 12.7. The average molecular weight is 369 g/mol. The van der Waals surface area contributed by atoms with Crippen LogP contribution in [-0.2, 0) is 14.8 Å². The molecule has 1 heterocycles. The number of carbonyl (C=O) groups is 2. The molecule has 1 fully saturated rings. The first kappa shape index (κ1) is 19.2. The molecule has 2 amide bonds. The van der Waals surface area contributed by atoms with Gasteiger partial charge in [-0.05, 0) is 38.1 Å². The van der Waals surface area contributed by atoms with Crippen molar-refractivity contribution in [1.82, 2.24) is 14.5 Å². The quantitative estimate of drug-likeness (QED) is 0.778. The molecule has 0 saturated carbocycles. The Morgan fingerprint density at radius 2 is 1.68 bits per heavy atom. The van der Waals surface area contributed by atoms with Crippen LogP contribution in [0.25, 0.3) is 0 Å². The minimum atomic E-state index is -3.66. The lowest BCUT2D eigenvalue weighted by atomic mass is 10.2.